The SMILES string of the molecule is CN(C)CC1CCCN1C1CCCCCCC1O. The predicted octanol–water partition coefficient (Wildman–Crippen LogP) is 2.10. The van der Waals surface area contributed by atoms with E-state index in [1.807, 2.05) is 0 Å². The van der Waals surface area contributed by atoms with Crippen molar-refractivity contribution < 1.29 is 5.11 Å². The van der Waals surface area contributed by atoms with Crippen LogP contribution in [0.3, 0.4) is 0 Å². The first-order chi connectivity index (χ1) is 8.68. The molecule has 1 aliphatic carbocycles. The molecule has 0 aromatic carbocycles. The van der Waals surface area contributed by atoms with E-state index in [-0.39, 0.29) is 6.10 Å². The maximum absolute atomic E-state index is 10.4. The molecule has 3 heteroatoms. The lowest BCUT2D eigenvalue weighted by Gasteiger charge is -2.38. The van der Waals surface area contributed by atoms with E-state index in [9.17, 15) is 5.11 Å². The third kappa shape index (κ3) is 3.69. The molecule has 0 bridgehead atoms. The van der Waals surface area contributed by atoms with Crippen molar-refractivity contribution in [3.05, 3.63) is 0 Å². The largest absolute Gasteiger partial charge is 0.391 e. The molecule has 1 saturated carbocycles. The standard InChI is InChI=1S/C15H30N2O/c1-16(2)12-13-8-7-11-17(13)14-9-5-3-4-6-10-15(14)18/h13-15,18H,3-12H2,1-2H3. The van der Waals surface area contributed by atoms with Crippen molar-refractivity contribution in [2.75, 3.05) is 27.2 Å². The van der Waals surface area contributed by atoms with Gasteiger partial charge in [0.25, 0.3) is 0 Å². The molecule has 0 spiro atoms. The Morgan fingerprint density at radius 1 is 1.00 bits per heavy atom. The molecule has 1 N–H and O–H groups in total. The Bertz CT molecular complexity index is 245. The summed E-state index contributed by atoms with van der Waals surface area (Å²) in [5.74, 6) is 0. The van der Waals surface area contributed by atoms with E-state index in [0.29, 0.717) is 12.1 Å². The lowest BCUT2D eigenvalue weighted by molar-refractivity contribution is 0.0200. The molecule has 2 rings (SSSR count). The first-order valence-corrected chi connectivity index (χ1v) is 7.77. The first-order valence-electron chi connectivity index (χ1n) is 7.77. The second-order valence-corrected chi connectivity index (χ2v) is 6.42. The van der Waals surface area contributed by atoms with Gasteiger partial charge in [-0.15, -0.1) is 0 Å². The van der Waals surface area contributed by atoms with Crippen LogP contribution in [0.1, 0.15) is 51.4 Å². The van der Waals surface area contributed by atoms with Gasteiger partial charge in [-0.25, -0.2) is 0 Å². The van der Waals surface area contributed by atoms with Gasteiger partial charge < -0.3 is 10.0 Å². The lowest BCUT2D eigenvalue weighted by Crippen LogP contribution is -2.49. The number of hydrogen-bond acceptors (Lipinski definition) is 3. The molecule has 1 saturated heterocycles. The van der Waals surface area contributed by atoms with E-state index in [2.05, 4.69) is 23.9 Å². The lowest BCUT2D eigenvalue weighted by atomic mass is 9.92. The molecule has 2 fully saturated rings. The molecular weight excluding hydrogens is 224 g/mol. The average molecular weight is 254 g/mol. The quantitative estimate of drug-likeness (QED) is 0.835. The Morgan fingerprint density at radius 3 is 2.44 bits per heavy atom. The Hall–Kier alpha value is -0.120. The average Bonchev–Trinajstić information content (AvgIpc) is 2.71. The molecule has 0 aromatic heterocycles. The van der Waals surface area contributed by atoms with Gasteiger partial charge in [0.05, 0.1) is 6.10 Å². The van der Waals surface area contributed by atoms with Gasteiger partial charge in [0.2, 0.25) is 0 Å². The second-order valence-electron chi connectivity index (χ2n) is 6.42. The van der Waals surface area contributed by atoms with Crippen LogP contribution in [0.5, 0.6) is 0 Å². The summed E-state index contributed by atoms with van der Waals surface area (Å²) in [5, 5.41) is 10.4. The molecule has 1 aliphatic heterocycles. The van der Waals surface area contributed by atoms with E-state index in [4.69, 9.17) is 0 Å². The zero-order valence-corrected chi connectivity index (χ0v) is 12.1. The fourth-order valence-corrected chi connectivity index (χ4v) is 3.74. The normalized spacial score (nSPS) is 35.7. The summed E-state index contributed by atoms with van der Waals surface area (Å²) in [5.41, 5.74) is 0. The summed E-state index contributed by atoms with van der Waals surface area (Å²) >= 11 is 0. The molecule has 1 heterocycles. The van der Waals surface area contributed by atoms with E-state index in [0.717, 1.165) is 13.0 Å². The first kappa shape index (κ1) is 14.3. The van der Waals surface area contributed by atoms with Gasteiger partial charge in [-0.05, 0) is 46.3 Å². The van der Waals surface area contributed by atoms with Crippen LogP contribution < -0.4 is 0 Å². The van der Waals surface area contributed by atoms with Crippen LogP contribution in [0.15, 0.2) is 0 Å². The van der Waals surface area contributed by atoms with Crippen molar-refractivity contribution in [1.82, 2.24) is 9.80 Å². The van der Waals surface area contributed by atoms with Gasteiger partial charge in [-0.3, -0.25) is 4.90 Å². The van der Waals surface area contributed by atoms with E-state index in [1.165, 1.54) is 51.5 Å². The van der Waals surface area contributed by atoms with Gasteiger partial charge in [0, 0.05) is 18.6 Å². The zero-order chi connectivity index (χ0) is 13.0. The van der Waals surface area contributed by atoms with Crippen LogP contribution in [0.4, 0.5) is 0 Å². The summed E-state index contributed by atoms with van der Waals surface area (Å²) in [4.78, 5) is 4.91. The van der Waals surface area contributed by atoms with Gasteiger partial charge in [-0.2, -0.15) is 0 Å². The van der Waals surface area contributed by atoms with Crippen molar-refractivity contribution in [2.24, 2.45) is 0 Å². The highest BCUT2D eigenvalue weighted by Crippen LogP contribution is 2.28. The number of rotatable bonds is 3. The number of hydrogen-bond donors (Lipinski definition) is 1. The molecule has 0 aromatic rings. The summed E-state index contributed by atoms with van der Waals surface area (Å²) in [7, 11) is 4.32. The number of aliphatic hydroxyl groups excluding tert-OH is 1. The fourth-order valence-electron chi connectivity index (χ4n) is 3.74. The maximum atomic E-state index is 10.4. The number of nitrogens with zero attached hydrogens (tertiary/aromatic N) is 2. The molecule has 3 atom stereocenters. The molecule has 0 radical (unpaired) electrons. The summed E-state index contributed by atoms with van der Waals surface area (Å²) in [6, 6.07) is 1.09. The molecular formula is C15H30N2O. The Labute approximate surface area is 112 Å². The van der Waals surface area contributed by atoms with Gasteiger partial charge in [0.1, 0.15) is 0 Å². The number of likely N-dealkylation sites (tertiary alicyclic amines) is 1. The van der Waals surface area contributed by atoms with Gasteiger partial charge in [-0.1, -0.05) is 25.7 Å². The molecule has 3 unspecified atom stereocenters. The summed E-state index contributed by atoms with van der Waals surface area (Å²) in [6.45, 7) is 2.34. The predicted molar refractivity (Wildman–Crippen MR) is 75.8 cm³/mol. The highest BCUT2D eigenvalue weighted by molar-refractivity contribution is 4.90. The van der Waals surface area contributed by atoms with Gasteiger partial charge in [0.15, 0.2) is 0 Å². The van der Waals surface area contributed by atoms with Crippen LogP contribution >= 0.6 is 0 Å². The van der Waals surface area contributed by atoms with Crippen LogP contribution in [0.2, 0.25) is 0 Å². The van der Waals surface area contributed by atoms with E-state index >= 15 is 0 Å². The minimum absolute atomic E-state index is 0.0898. The van der Waals surface area contributed by atoms with Crippen molar-refractivity contribution >= 4 is 0 Å². The topological polar surface area (TPSA) is 26.7 Å². The minimum Gasteiger partial charge on any atom is -0.391 e. The minimum atomic E-state index is -0.0898. The fraction of sp³-hybridized carbons (Fsp3) is 1.00. The van der Waals surface area contributed by atoms with Gasteiger partial charge >= 0.3 is 0 Å². The van der Waals surface area contributed by atoms with Crippen molar-refractivity contribution in [3.63, 3.8) is 0 Å². The summed E-state index contributed by atoms with van der Waals surface area (Å²) in [6.07, 6.45) is 9.91. The van der Waals surface area contributed by atoms with Crippen LogP contribution in [-0.2, 0) is 0 Å². The molecule has 106 valence electrons. The van der Waals surface area contributed by atoms with E-state index in [1.54, 1.807) is 0 Å². The van der Waals surface area contributed by atoms with Crippen LogP contribution in [-0.4, -0.2) is 60.3 Å². The molecule has 18 heavy (non-hydrogen) atoms. The Kier molecular flexibility index (Phi) is 5.46. The van der Waals surface area contributed by atoms with Crippen molar-refractivity contribution in [3.8, 4) is 0 Å². The zero-order valence-electron chi connectivity index (χ0n) is 12.1. The third-order valence-electron chi connectivity index (χ3n) is 4.62. The third-order valence-corrected chi connectivity index (χ3v) is 4.62. The van der Waals surface area contributed by atoms with Crippen LogP contribution in [0.25, 0.3) is 0 Å². The van der Waals surface area contributed by atoms with E-state index < -0.39 is 0 Å². The van der Waals surface area contributed by atoms with Crippen molar-refractivity contribution in [1.29, 1.82) is 0 Å². The van der Waals surface area contributed by atoms with Crippen molar-refractivity contribution in [2.45, 2.75) is 69.6 Å². The number of likely N-dealkylation sites (N-methyl/N-ethyl adjacent to an activating group) is 1. The smallest absolute Gasteiger partial charge is 0.0695 e. The monoisotopic (exact) mass is 254 g/mol. The number of aliphatic hydroxyl groups is 1. The molecule has 0 amide bonds. The maximum Gasteiger partial charge on any atom is 0.0695 e. The molecule has 2 aliphatic rings. The second kappa shape index (κ2) is 6.88. The van der Waals surface area contributed by atoms with Crippen LogP contribution in [0, 0.1) is 0 Å². The highest BCUT2D eigenvalue weighted by Gasteiger charge is 2.34. The Morgan fingerprint density at radius 2 is 1.72 bits per heavy atom. The molecule has 3 nitrogen and oxygen atoms in total. The Balaban J connectivity index is 1.97. The highest BCUT2D eigenvalue weighted by atomic mass is 16.3. The summed E-state index contributed by atoms with van der Waals surface area (Å²) < 4.78 is 0.